The summed E-state index contributed by atoms with van der Waals surface area (Å²) < 4.78 is 21.2. The van der Waals surface area contributed by atoms with Crippen LogP contribution in [-0.4, -0.2) is 41.7 Å². The fraction of sp³-hybridized carbons (Fsp3) is 0.136. The first kappa shape index (κ1) is 25.5. The van der Waals surface area contributed by atoms with E-state index >= 15 is 0 Å². The molecule has 2 aromatic carbocycles. The van der Waals surface area contributed by atoms with Crippen molar-refractivity contribution in [1.29, 1.82) is 0 Å². The van der Waals surface area contributed by atoms with Gasteiger partial charge in [-0.05, 0) is 36.4 Å². The van der Waals surface area contributed by atoms with Gasteiger partial charge in [-0.3, -0.25) is 18.7 Å². The number of pyridine rings is 1. The third-order valence-corrected chi connectivity index (χ3v) is 4.84. The van der Waals surface area contributed by atoms with Gasteiger partial charge in [0.25, 0.3) is 5.91 Å². The highest BCUT2D eigenvalue weighted by Gasteiger charge is 2.12. The van der Waals surface area contributed by atoms with Gasteiger partial charge in [0.2, 0.25) is 5.91 Å². The number of nitrogens with zero attached hydrogens (tertiary/aromatic N) is 3. The second-order valence-electron chi connectivity index (χ2n) is 7.06. The summed E-state index contributed by atoms with van der Waals surface area (Å²) in [5.41, 5.74) is 6.93. The molecule has 182 valence electrons. The Labute approximate surface area is 200 Å². The number of anilines is 2. The van der Waals surface area contributed by atoms with E-state index in [1.165, 1.54) is 12.1 Å². The molecule has 0 saturated heterocycles. The van der Waals surface area contributed by atoms with Gasteiger partial charge in [-0.15, -0.1) is 10.2 Å². The third kappa shape index (κ3) is 8.31. The Bertz CT molecular complexity index is 1260. The van der Waals surface area contributed by atoms with Crippen LogP contribution < -0.4 is 21.1 Å². The smallest absolute Gasteiger partial charge is 0.327 e. The number of ether oxygens (including phenoxy) is 1. The van der Waals surface area contributed by atoms with Crippen LogP contribution in [0.25, 0.3) is 0 Å². The number of aromatic nitrogens is 1. The molecule has 3 rings (SSSR count). The Hall–Kier alpha value is -4.12. The molecular formula is C22H23N6O6P. The number of nitrogens with two attached hydrogens (primary N) is 1. The van der Waals surface area contributed by atoms with Gasteiger partial charge >= 0.3 is 7.60 Å². The van der Waals surface area contributed by atoms with Gasteiger partial charge in [0.1, 0.15) is 22.9 Å². The van der Waals surface area contributed by atoms with Crippen LogP contribution in [0.3, 0.4) is 0 Å². The summed E-state index contributed by atoms with van der Waals surface area (Å²) in [6.45, 7) is 0.354. The molecule has 0 radical (unpaired) electrons. The Kier molecular flexibility index (Phi) is 8.63. The molecule has 0 aliphatic carbocycles. The largest absolute Gasteiger partial charge is 0.465 e. The maximum Gasteiger partial charge on any atom is 0.327 e. The molecule has 12 nitrogen and oxygen atoms in total. The van der Waals surface area contributed by atoms with E-state index in [4.69, 9.17) is 15.0 Å². The van der Waals surface area contributed by atoms with Crippen LogP contribution in [0.5, 0.6) is 5.75 Å². The second-order valence-corrected chi connectivity index (χ2v) is 8.92. The normalized spacial score (nSPS) is 12.6. The number of carbonyl (C=O) groups excluding carboxylic acids is 2. The Balaban J connectivity index is 1.58. The van der Waals surface area contributed by atoms with Crippen LogP contribution in [0.1, 0.15) is 10.4 Å². The first-order valence-corrected chi connectivity index (χ1v) is 12.2. The second kappa shape index (κ2) is 11.8. The van der Waals surface area contributed by atoms with Crippen molar-refractivity contribution in [1.82, 2.24) is 10.3 Å². The zero-order valence-electron chi connectivity index (χ0n) is 18.6. The van der Waals surface area contributed by atoms with E-state index in [0.29, 0.717) is 11.3 Å². The van der Waals surface area contributed by atoms with Crippen molar-refractivity contribution in [2.24, 2.45) is 10.2 Å². The summed E-state index contributed by atoms with van der Waals surface area (Å²) in [4.78, 5) is 37.4. The van der Waals surface area contributed by atoms with Gasteiger partial charge in [0, 0.05) is 12.2 Å². The highest BCUT2D eigenvalue weighted by atomic mass is 31.2. The maximum atomic E-state index is 12.1. The van der Waals surface area contributed by atoms with E-state index in [0.717, 1.165) is 6.66 Å². The summed E-state index contributed by atoms with van der Waals surface area (Å²) in [6, 6.07) is 18.1. The van der Waals surface area contributed by atoms with Crippen molar-refractivity contribution < 1.29 is 28.3 Å². The molecule has 13 heteroatoms. The van der Waals surface area contributed by atoms with Crippen LogP contribution in [-0.2, 0) is 13.9 Å². The fourth-order valence-corrected chi connectivity index (χ4v) is 2.87. The molecule has 0 aliphatic heterocycles. The van der Waals surface area contributed by atoms with Crippen molar-refractivity contribution in [3.05, 3.63) is 72.3 Å². The van der Waals surface area contributed by atoms with E-state index in [-0.39, 0.29) is 35.5 Å². The van der Waals surface area contributed by atoms with Crippen LogP contribution in [0, 0.1) is 0 Å². The van der Waals surface area contributed by atoms with Crippen molar-refractivity contribution in [3.63, 3.8) is 0 Å². The van der Waals surface area contributed by atoms with Gasteiger partial charge in [0.15, 0.2) is 12.6 Å². The molecule has 2 amide bonds. The first-order valence-electron chi connectivity index (χ1n) is 10.2. The van der Waals surface area contributed by atoms with Gasteiger partial charge in [-0.2, -0.15) is 0 Å². The van der Waals surface area contributed by atoms with Crippen molar-refractivity contribution in [2.75, 3.05) is 31.1 Å². The molecule has 1 aromatic heterocycles. The van der Waals surface area contributed by atoms with Crippen molar-refractivity contribution >= 4 is 42.4 Å². The molecule has 1 unspecified atom stereocenters. The standard InChI is InChI=1S/C22H23N6O6P/c1-35(31,32)34-14-33-18-10-6-5-9-16(18)27-28-17-11-12-19(26-21(17)23)25-20(29)13-24-22(30)15-7-3-2-4-8-15/h2-12H,13-14H2,1H3,(H,24,30)(H,31,32)(H3,23,25,26,29). The first-order chi connectivity index (χ1) is 16.7. The molecule has 5 N–H and O–H groups in total. The minimum atomic E-state index is -3.68. The molecular weight excluding hydrogens is 475 g/mol. The number of hydrogen-bond donors (Lipinski definition) is 4. The number of amides is 2. The quantitative estimate of drug-likeness (QED) is 0.186. The van der Waals surface area contributed by atoms with Crippen molar-refractivity contribution in [2.45, 2.75) is 0 Å². The average molecular weight is 498 g/mol. The van der Waals surface area contributed by atoms with Crippen LogP contribution in [0.2, 0.25) is 0 Å². The van der Waals surface area contributed by atoms with E-state index in [9.17, 15) is 19.0 Å². The monoisotopic (exact) mass is 498 g/mol. The lowest BCUT2D eigenvalue weighted by atomic mass is 10.2. The predicted octanol–water partition coefficient (Wildman–Crippen LogP) is 3.62. The SMILES string of the molecule is CP(=O)(O)OCOc1ccccc1N=Nc1ccc(NC(=O)CNC(=O)c2ccccc2)nc1N. The summed E-state index contributed by atoms with van der Waals surface area (Å²) >= 11 is 0. The van der Waals surface area contributed by atoms with Gasteiger partial charge in [0.05, 0.1) is 6.54 Å². The molecule has 1 heterocycles. The van der Waals surface area contributed by atoms with Crippen LogP contribution in [0.15, 0.2) is 77.0 Å². The molecule has 0 bridgehead atoms. The number of rotatable bonds is 10. The number of para-hydroxylation sites is 1. The van der Waals surface area contributed by atoms with E-state index in [2.05, 4.69) is 25.8 Å². The molecule has 0 fully saturated rings. The average Bonchev–Trinajstić information content (AvgIpc) is 2.82. The minimum Gasteiger partial charge on any atom is -0.465 e. The lowest BCUT2D eigenvalue weighted by Crippen LogP contribution is -2.33. The van der Waals surface area contributed by atoms with Gasteiger partial charge < -0.3 is 26.0 Å². The number of hydrogen-bond acceptors (Lipinski definition) is 9. The van der Waals surface area contributed by atoms with E-state index in [1.54, 1.807) is 54.6 Å². The molecule has 0 aliphatic rings. The zero-order valence-corrected chi connectivity index (χ0v) is 19.5. The Morgan fingerprint density at radius 1 is 1.03 bits per heavy atom. The zero-order chi connectivity index (χ0) is 25.3. The van der Waals surface area contributed by atoms with E-state index < -0.39 is 20.3 Å². The highest BCUT2D eigenvalue weighted by molar-refractivity contribution is 7.51. The maximum absolute atomic E-state index is 12.1. The van der Waals surface area contributed by atoms with Crippen LogP contribution >= 0.6 is 7.60 Å². The number of azo groups is 1. The predicted molar refractivity (Wildman–Crippen MR) is 129 cm³/mol. The fourth-order valence-electron chi connectivity index (χ4n) is 2.62. The molecule has 0 spiro atoms. The topological polar surface area (TPSA) is 178 Å². The number of nitrogens with one attached hydrogen (secondary N) is 2. The number of carbonyl (C=O) groups is 2. The molecule has 1 atom stereocenters. The summed E-state index contributed by atoms with van der Waals surface area (Å²) in [5.74, 6) is -0.399. The minimum absolute atomic E-state index is 0.00815. The summed E-state index contributed by atoms with van der Waals surface area (Å²) in [5, 5.41) is 13.2. The van der Waals surface area contributed by atoms with Crippen LogP contribution in [0.4, 0.5) is 23.0 Å². The van der Waals surface area contributed by atoms with Gasteiger partial charge in [-0.25, -0.2) is 4.98 Å². The van der Waals surface area contributed by atoms with E-state index in [1.807, 2.05) is 0 Å². The Morgan fingerprint density at radius 3 is 2.43 bits per heavy atom. The molecule has 35 heavy (non-hydrogen) atoms. The highest BCUT2D eigenvalue weighted by Crippen LogP contribution is 2.37. The van der Waals surface area contributed by atoms with Gasteiger partial charge in [-0.1, -0.05) is 30.3 Å². The molecule has 3 aromatic rings. The number of nitrogen functional groups attached to an aromatic ring is 1. The Morgan fingerprint density at radius 2 is 1.71 bits per heavy atom. The van der Waals surface area contributed by atoms with Crippen molar-refractivity contribution in [3.8, 4) is 5.75 Å². The summed E-state index contributed by atoms with van der Waals surface area (Å²) in [7, 11) is -3.68. The summed E-state index contributed by atoms with van der Waals surface area (Å²) in [6.07, 6.45) is 0. The molecule has 0 saturated carbocycles. The lowest BCUT2D eigenvalue weighted by Gasteiger charge is -2.10. The lowest BCUT2D eigenvalue weighted by molar-refractivity contribution is -0.115. The number of benzene rings is 2. The third-order valence-electron chi connectivity index (χ3n) is 4.25.